The maximum Gasteiger partial charge on any atom is 0.0606 e. The second-order valence-corrected chi connectivity index (χ2v) is 6.44. The standard InChI is InChI=1S/C14H23BrN2O/c1-14(2,3)16-10-11-5-6-12(15)9-13(11)17(4)7-8-18/h5-6,9,16,18H,7-8,10H2,1-4H3. The second kappa shape index (κ2) is 6.55. The first-order valence-electron chi connectivity index (χ1n) is 6.19. The van der Waals surface area contributed by atoms with Gasteiger partial charge in [-0.1, -0.05) is 22.0 Å². The number of likely N-dealkylation sites (N-methyl/N-ethyl adjacent to an activating group) is 1. The van der Waals surface area contributed by atoms with E-state index < -0.39 is 0 Å². The van der Waals surface area contributed by atoms with Crippen molar-refractivity contribution in [2.45, 2.75) is 32.9 Å². The number of aliphatic hydroxyl groups excluding tert-OH is 1. The first kappa shape index (κ1) is 15.5. The third kappa shape index (κ3) is 4.96. The Kier molecular flexibility index (Phi) is 5.63. The molecule has 1 rings (SSSR count). The molecule has 0 aliphatic rings. The molecule has 4 heteroatoms. The summed E-state index contributed by atoms with van der Waals surface area (Å²) >= 11 is 3.50. The summed E-state index contributed by atoms with van der Waals surface area (Å²) in [6.07, 6.45) is 0. The van der Waals surface area contributed by atoms with Gasteiger partial charge in [0.1, 0.15) is 0 Å². The van der Waals surface area contributed by atoms with Crippen LogP contribution in [0.5, 0.6) is 0 Å². The van der Waals surface area contributed by atoms with Crippen LogP contribution in [0.3, 0.4) is 0 Å². The SMILES string of the molecule is CN(CCO)c1cc(Br)ccc1CNC(C)(C)C. The fourth-order valence-corrected chi connectivity index (χ4v) is 2.02. The smallest absolute Gasteiger partial charge is 0.0606 e. The van der Waals surface area contributed by atoms with E-state index in [1.165, 1.54) is 5.56 Å². The minimum Gasteiger partial charge on any atom is -0.395 e. The van der Waals surface area contributed by atoms with Crippen LogP contribution in [0.1, 0.15) is 26.3 Å². The minimum absolute atomic E-state index is 0.0971. The topological polar surface area (TPSA) is 35.5 Å². The predicted molar refractivity (Wildman–Crippen MR) is 81.1 cm³/mol. The normalized spacial score (nSPS) is 11.7. The number of hydrogen-bond acceptors (Lipinski definition) is 3. The van der Waals surface area contributed by atoms with Crippen molar-refractivity contribution in [2.24, 2.45) is 0 Å². The van der Waals surface area contributed by atoms with Gasteiger partial charge in [-0.2, -0.15) is 0 Å². The van der Waals surface area contributed by atoms with E-state index in [9.17, 15) is 0 Å². The first-order chi connectivity index (χ1) is 8.33. The van der Waals surface area contributed by atoms with Crippen molar-refractivity contribution < 1.29 is 5.11 Å². The third-order valence-corrected chi connectivity index (χ3v) is 3.20. The van der Waals surface area contributed by atoms with E-state index in [2.05, 4.69) is 65.1 Å². The van der Waals surface area contributed by atoms with Crippen LogP contribution in [0.15, 0.2) is 22.7 Å². The van der Waals surface area contributed by atoms with Gasteiger partial charge in [-0.3, -0.25) is 0 Å². The molecule has 0 heterocycles. The summed E-state index contributed by atoms with van der Waals surface area (Å²) in [5, 5.41) is 12.5. The number of halogens is 1. The molecule has 1 aromatic rings. The van der Waals surface area contributed by atoms with Crippen molar-refractivity contribution in [3.05, 3.63) is 28.2 Å². The van der Waals surface area contributed by atoms with Crippen LogP contribution < -0.4 is 10.2 Å². The van der Waals surface area contributed by atoms with Crippen molar-refractivity contribution in [2.75, 3.05) is 25.1 Å². The van der Waals surface area contributed by atoms with Gasteiger partial charge in [0, 0.05) is 35.8 Å². The Morgan fingerprint density at radius 3 is 2.56 bits per heavy atom. The molecule has 0 aliphatic heterocycles. The highest BCUT2D eigenvalue weighted by molar-refractivity contribution is 9.10. The molecule has 0 radical (unpaired) electrons. The van der Waals surface area contributed by atoms with E-state index >= 15 is 0 Å². The van der Waals surface area contributed by atoms with Gasteiger partial charge >= 0.3 is 0 Å². The summed E-state index contributed by atoms with van der Waals surface area (Å²) in [7, 11) is 2.00. The van der Waals surface area contributed by atoms with E-state index in [0.29, 0.717) is 6.54 Å². The van der Waals surface area contributed by atoms with Gasteiger partial charge in [-0.05, 0) is 38.5 Å². The van der Waals surface area contributed by atoms with Gasteiger partial charge in [-0.15, -0.1) is 0 Å². The average Bonchev–Trinajstić information content (AvgIpc) is 2.26. The lowest BCUT2D eigenvalue weighted by Gasteiger charge is -2.25. The number of nitrogens with one attached hydrogen (secondary N) is 1. The van der Waals surface area contributed by atoms with Crippen molar-refractivity contribution >= 4 is 21.6 Å². The average molecular weight is 315 g/mol. The number of aliphatic hydroxyl groups is 1. The fraction of sp³-hybridized carbons (Fsp3) is 0.571. The molecular formula is C14H23BrN2O. The molecule has 0 spiro atoms. The van der Waals surface area contributed by atoms with Crippen LogP contribution in [-0.4, -0.2) is 30.8 Å². The van der Waals surface area contributed by atoms with Crippen molar-refractivity contribution in [3.8, 4) is 0 Å². The zero-order valence-corrected chi connectivity index (χ0v) is 13.2. The highest BCUT2D eigenvalue weighted by atomic mass is 79.9. The number of rotatable bonds is 5. The van der Waals surface area contributed by atoms with Crippen molar-refractivity contribution in [3.63, 3.8) is 0 Å². The molecule has 0 amide bonds. The first-order valence-corrected chi connectivity index (χ1v) is 6.98. The highest BCUT2D eigenvalue weighted by Crippen LogP contribution is 2.24. The molecule has 0 unspecified atom stereocenters. The quantitative estimate of drug-likeness (QED) is 0.877. The van der Waals surface area contributed by atoms with E-state index in [1.807, 2.05) is 7.05 Å². The van der Waals surface area contributed by atoms with Crippen LogP contribution in [0.2, 0.25) is 0 Å². The maximum absolute atomic E-state index is 9.05. The van der Waals surface area contributed by atoms with Crippen LogP contribution in [-0.2, 0) is 6.54 Å². The van der Waals surface area contributed by atoms with Gasteiger partial charge in [-0.25, -0.2) is 0 Å². The summed E-state index contributed by atoms with van der Waals surface area (Å²) in [6.45, 7) is 8.09. The van der Waals surface area contributed by atoms with Gasteiger partial charge in [0.15, 0.2) is 0 Å². The Morgan fingerprint density at radius 1 is 1.33 bits per heavy atom. The Hall–Kier alpha value is -0.580. The maximum atomic E-state index is 9.05. The lowest BCUT2D eigenvalue weighted by atomic mass is 10.1. The predicted octanol–water partition coefficient (Wildman–Crippen LogP) is 2.77. The molecule has 0 saturated heterocycles. The summed E-state index contributed by atoms with van der Waals surface area (Å²) in [4.78, 5) is 2.07. The Morgan fingerprint density at radius 2 is 2.00 bits per heavy atom. The molecule has 2 N–H and O–H groups in total. The number of benzene rings is 1. The molecule has 1 aromatic carbocycles. The molecule has 0 fully saturated rings. The largest absolute Gasteiger partial charge is 0.395 e. The van der Waals surface area contributed by atoms with E-state index in [0.717, 1.165) is 16.7 Å². The lowest BCUT2D eigenvalue weighted by Crippen LogP contribution is -2.35. The molecule has 0 aliphatic carbocycles. The zero-order valence-electron chi connectivity index (χ0n) is 11.6. The summed E-state index contributed by atoms with van der Waals surface area (Å²) < 4.78 is 1.06. The van der Waals surface area contributed by atoms with Crippen LogP contribution in [0.4, 0.5) is 5.69 Å². The zero-order chi connectivity index (χ0) is 13.8. The van der Waals surface area contributed by atoms with Crippen LogP contribution >= 0.6 is 15.9 Å². The van der Waals surface area contributed by atoms with Gasteiger partial charge in [0.2, 0.25) is 0 Å². The fourth-order valence-electron chi connectivity index (χ4n) is 1.67. The van der Waals surface area contributed by atoms with Gasteiger partial charge in [0.25, 0.3) is 0 Å². The molecule has 18 heavy (non-hydrogen) atoms. The third-order valence-electron chi connectivity index (χ3n) is 2.70. The monoisotopic (exact) mass is 314 g/mol. The molecular weight excluding hydrogens is 292 g/mol. The Labute approximate surface area is 118 Å². The molecule has 102 valence electrons. The summed E-state index contributed by atoms with van der Waals surface area (Å²) in [6, 6.07) is 6.26. The van der Waals surface area contributed by atoms with E-state index in [4.69, 9.17) is 5.11 Å². The van der Waals surface area contributed by atoms with Gasteiger partial charge in [0.05, 0.1) is 6.61 Å². The van der Waals surface area contributed by atoms with E-state index in [-0.39, 0.29) is 12.1 Å². The molecule has 0 saturated carbocycles. The minimum atomic E-state index is 0.0971. The van der Waals surface area contributed by atoms with Crippen LogP contribution in [0.25, 0.3) is 0 Å². The number of anilines is 1. The Bertz CT molecular complexity index is 388. The van der Waals surface area contributed by atoms with Gasteiger partial charge < -0.3 is 15.3 Å². The van der Waals surface area contributed by atoms with Crippen molar-refractivity contribution in [1.29, 1.82) is 0 Å². The second-order valence-electron chi connectivity index (χ2n) is 5.52. The van der Waals surface area contributed by atoms with Crippen molar-refractivity contribution in [1.82, 2.24) is 5.32 Å². The molecule has 3 nitrogen and oxygen atoms in total. The van der Waals surface area contributed by atoms with E-state index in [1.54, 1.807) is 0 Å². The number of hydrogen-bond donors (Lipinski definition) is 2. The number of nitrogens with zero attached hydrogens (tertiary/aromatic N) is 1. The van der Waals surface area contributed by atoms with Crippen LogP contribution in [0, 0.1) is 0 Å². The highest BCUT2D eigenvalue weighted by Gasteiger charge is 2.12. The molecule has 0 aromatic heterocycles. The summed E-state index contributed by atoms with van der Waals surface area (Å²) in [5.74, 6) is 0. The Balaban J connectivity index is 2.89. The summed E-state index contributed by atoms with van der Waals surface area (Å²) in [5.41, 5.74) is 2.49. The molecule has 0 atom stereocenters. The lowest BCUT2D eigenvalue weighted by molar-refractivity contribution is 0.304. The molecule has 0 bridgehead atoms.